The van der Waals surface area contributed by atoms with Crippen LogP contribution >= 0.6 is 12.4 Å². The minimum Gasteiger partial charge on any atom is -0.439 e. The molecule has 0 spiro atoms. The third-order valence-corrected chi connectivity index (χ3v) is 4.44. The summed E-state index contributed by atoms with van der Waals surface area (Å²) in [6, 6.07) is 13.0. The minimum absolute atomic E-state index is 0. The summed E-state index contributed by atoms with van der Waals surface area (Å²) in [4.78, 5) is 20.6. The molecule has 1 amide bonds. The van der Waals surface area contributed by atoms with Crippen molar-refractivity contribution in [2.24, 2.45) is 0 Å². The number of hydrogen-bond acceptors (Lipinski definition) is 7. The van der Waals surface area contributed by atoms with E-state index in [1.54, 1.807) is 12.3 Å². The second-order valence-corrected chi connectivity index (χ2v) is 6.50. The number of benzene rings is 1. The highest BCUT2D eigenvalue weighted by molar-refractivity contribution is 5.85. The summed E-state index contributed by atoms with van der Waals surface area (Å²) >= 11 is 0. The summed E-state index contributed by atoms with van der Waals surface area (Å²) in [5.74, 6) is 2.16. The molecule has 1 unspecified atom stereocenters. The molecule has 0 aliphatic carbocycles. The maximum absolute atomic E-state index is 12.0. The van der Waals surface area contributed by atoms with Crippen LogP contribution in [0.1, 0.15) is 18.7 Å². The molecule has 0 bridgehead atoms. The predicted octanol–water partition coefficient (Wildman–Crippen LogP) is 2.76. The molecule has 1 aliphatic heterocycles. The number of amides is 1. The van der Waals surface area contributed by atoms with Crippen molar-refractivity contribution >= 4 is 18.3 Å². The van der Waals surface area contributed by atoms with E-state index in [9.17, 15) is 4.79 Å². The number of halogens is 1. The smallest absolute Gasteiger partial charge is 0.237 e. The van der Waals surface area contributed by atoms with E-state index in [1.165, 1.54) is 0 Å². The van der Waals surface area contributed by atoms with Crippen LogP contribution in [-0.2, 0) is 11.2 Å². The van der Waals surface area contributed by atoms with Crippen molar-refractivity contribution in [2.45, 2.75) is 25.3 Å². The van der Waals surface area contributed by atoms with Gasteiger partial charge in [-0.1, -0.05) is 23.4 Å². The Morgan fingerprint density at radius 2 is 2.10 bits per heavy atom. The maximum Gasteiger partial charge on any atom is 0.237 e. The SMILES string of the molecule is Cl.O=C(NCCc1nc(-c2ccc(Oc3ccccc3)nc2)no1)C1CCCN1. The van der Waals surface area contributed by atoms with Crippen LogP contribution in [0, 0.1) is 0 Å². The fourth-order valence-corrected chi connectivity index (χ4v) is 2.98. The highest BCUT2D eigenvalue weighted by Crippen LogP contribution is 2.21. The van der Waals surface area contributed by atoms with Gasteiger partial charge in [0.1, 0.15) is 5.75 Å². The molecular weight excluding hydrogens is 394 g/mol. The van der Waals surface area contributed by atoms with Crippen molar-refractivity contribution in [3.05, 3.63) is 54.6 Å². The molecule has 9 heteroatoms. The second-order valence-electron chi connectivity index (χ2n) is 6.50. The molecule has 4 rings (SSSR count). The summed E-state index contributed by atoms with van der Waals surface area (Å²) in [7, 11) is 0. The quantitative estimate of drug-likeness (QED) is 0.611. The van der Waals surface area contributed by atoms with E-state index in [4.69, 9.17) is 9.26 Å². The van der Waals surface area contributed by atoms with Gasteiger partial charge in [0, 0.05) is 30.8 Å². The van der Waals surface area contributed by atoms with Crippen LogP contribution in [0.5, 0.6) is 11.6 Å². The normalized spacial score (nSPS) is 15.5. The Kier molecular flexibility index (Phi) is 7.15. The van der Waals surface area contributed by atoms with Gasteiger partial charge in [-0.05, 0) is 37.6 Å². The zero-order chi connectivity index (χ0) is 19.2. The Balaban J connectivity index is 0.00000240. The molecular formula is C20H22ClN5O3. The number of nitrogens with zero attached hydrogens (tertiary/aromatic N) is 3. The summed E-state index contributed by atoms with van der Waals surface area (Å²) < 4.78 is 10.9. The number of nitrogens with one attached hydrogen (secondary N) is 2. The van der Waals surface area contributed by atoms with E-state index in [0.717, 1.165) is 30.7 Å². The molecule has 1 aliphatic rings. The molecule has 2 N–H and O–H groups in total. The Labute approximate surface area is 174 Å². The first-order valence-electron chi connectivity index (χ1n) is 9.31. The van der Waals surface area contributed by atoms with Gasteiger partial charge in [0.2, 0.25) is 23.5 Å². The van der Waals surface area contributed by atoms with E-state index in [2.05, 4.69) is 25.8 Å². The summed E-state index contributed by atoms with van der Waals surface area (Å²) in [6.45, 7) is 1.36. The fourth-order valence-electron chi connectivity index (χ4n) is 2.98. The Hall–Kier alpha value is -2.97. The molecule has 1 atom stereocenters. The van der Waals surface area contributed by atoms with Crippen LogP contribution in [0.15, 0.2) is 53.2 Å². The topological polar surface area (TPSA) is 102 Å². The average molecular weight is 416 g/mol. The Morgan fingerprint density at radius 1 is 1.24 bits per heavy atom. The van der Waals surface area contributed by atoms with E-state index >= 15 is 0 Å². The molecule has 152 valence electrons. The fraction of sp³-hybridized carbons (Fsp3) is 0.300. The predicted molar refractivity (Wildman–Crippen MR) is 109 cm³/mol. The zero-order valence-electron chi connectivity index (χ0n) is 15.7. The summed E-state index contributed by atoms with van der Waals surface area (Å²) in [6.07, 6.45) is 4.04. The lowest BCUT2D eigenvalue weighted by Gasteiger charge is -2.09. The van der Waals surface area contributed by atoms with Crippen LogP contribution in [0.2, 0.25) is 0 Å². The molecule has 3 heterocycles. The van der Waals surface area contributed by atoms with Gasteiger partial charge in [-0.25, -0.2) is 4.98 Å². The molecule has 1 aromatic carbocycles. The first-order valence-corrected chi connectivity index (χ1v) is 9.31. The monoisotopic (exact) mass is 415 g/mol. The standard InChI is InChI=1S/C20H21N5O3.ClH/c26-20(16-7-4-11-21-16)22-12-10-18-24-19(25-28-18)14-8-9-17(23-13-14)27-15-5-2-1-3-6-15;/h1-3,5-6,8-9,13,16,21H,4,7,10-12H2,(H,22,26);1H. The van der Waals surface area contributed by atoms with Crippen molar-refractivity contribution in [1.29, 1.82) is 0 Å². The van der Waals surface area contributed by atoms with Crippen molar-refractivity contribution < 1.29 is 14.1 Å². The number of rotatable bonds is 7. The molecule has 0 saturated carbocycles. The third kappa shape index (κ3) is 5.52. The highest BCUT2D eigenvalue weighted by Gasteiger charge is 2.21. The number of carbonyl (C=O) groups excluding carboxylic acids is 1. The summed E-state index contributed by atoms with van der Waals surface area (Å²) in [5.41, 5.74) is 0.731. The van der Waals surface area contributed by atoms with Crippen LogP contribution in [0.25, 0.3) is 11.4 Å². The number of pyridine rings is 1. The largest absolute Gasteiger partial charge is 0.439 e. The van der Waals surface area contributed by atoms with Crippen molar-refractivity contribution in [3.63, 3.8) is 0 Å². The number of carbonyl (C=O) groups is 1. The molecule has 1 saturated heterocycles. The van der Waals surface area contributed by atoms with Crippen LogP contribution in [0.3, 0.4) is 0 Å². The second kappa shape index (κ2) is 9.99. The maximum atomic E-state index is 12.0. The van der Waals surface area contributed by atoms with Crippen LogP contribution in [-0.4, -0.2) is 40.2 Å². The zero-order valence-corrected chi connectivity index (χ0v) is 16.5. The number of aromatic nitrogens is 3. The van der Waals surface area contributed by atoms with Gasteiger partial charge in [0.25, 0.3) is 0 Å². The van der Waals surface area contributed by atoms with Crippen molar-refractivity contribution in [1.82, 2.24) is 25.8 Å². The van der Waals surface area contributed by atoms with Gasteiger partial charge in [0.15, 0.2) is 0 Å². The van der Waals surface area contributed by atoms with Crippen LogP contribution in [0.4, 0.5) is 0 Å². The van der Waals surface area contributed by atoms with Gasteiger partial charge in [-0.15, -0.1) is 12.4 Å². The number of ether oxygens (including phenoxy) is 1. The summed E-state index contributed by atoms with van der Waals surface area (Å²) in [5, 5.41) is 10.0. The lowest BCUT2D eigenvalue weighted by Crippen LogP contribution is -2.41. The Morgan fingerprint density at radius 3 is 2.83 bits per heavy atom. The van der Waals surface area contributed by atoms with Gasteiger partial charge in [-0.3, -0.25) is 4.79 Å². The molecule has 3 aromatic rings. The number of hydrogen-bond donors (Lipinski definition) is 2. The molecule has 8 nitrogen and oxygen atoms in total. The molecule has 2 aromatic heterocycles. The van der Waals surface area contributed by atoms with E-state index < -0.39 is 0 Å². The first-order chi connectivity index (χ1) is 13.8. The minimum atomic E-state index is -0.0825. The molecule has 1 fully saturated rings. The number of para-hydroxylation sites is 1. The van der Waals surface area contributed by atoms with Gasteiger partial charge >= 0.3 is 0 Å². The first kappa shape index (κ1) is 20.8. The lowest BCUT2D eigenvalue weighted by molar-refractivity contribution is -0.122. The van der Waals surface area contributed by atoms with E-state index in [1.807, 2.05) is 36.4 Å². The third-order valence-electron chi connectivity index (χ3n) is 4.44. The Bertz CT molecular complexity index is 911. The van der Waals surface area contributed by atoms with E-state index in [0.29, 0.717) is 30.6 Å². The van der Waals surface area contributed by atoms with Gasteiger partial charge in [0.05, 0.1) is 6.04 Å². The highest BCUT2D eigenvalue weighted by atomic mass is 35.5. The van der Waals surface area contributed by atoms with E-state index in [-0.39, 0.29) is 24.4 Å². The van der Waals surface area contributed by atoms with Crippen molar-refractivity contribution in [2.75, 3.05) is 13.1 Å². The van der Waals surface area contributed by atoms with Crippen LogP contribution < -0.4 is 15.4 Å². The average Bonchev–Trinajstić information content (AvgIpc) is 3.42. The molecule has 0 radical (unpaired) electrons. The van der Waals surface area contributed by atoms with Gasteiger partial charge < -0.3 is 19.9 Å². The lowest BCUT2D eigenvalue weighted by atomic mass is 10.2. The molecule has 29 heavy (non-hydrogen) atoms. The van der Waals surface area contributed by atoms with Crippen molar-refractivity contribution in [3.8, 4) is 23.0 Å². The van der Waals surface area contributed by atoms with Gasteiger partial charge in [-0.2, -0.15) is 4.98 Å².